The second-order valence-corrected chi connectivity index (χ2v) is 9.55. The zero-order valence-electron chi connectivity index (χ0n) is 16.4. The van der Waals surface area contributed by atoms with Gasteiger partial charge in [-0.25, -0.2) is 8.42 Å². The van der Waals surface area contributed by atoms with Crippen molar-refractivity contribution >= 4 is 26.8 Å². The number of nitrogens with one attached hydrogen (secondary N) is 2. The Morgan fingerprint density at radius 1 is 1.14 bits per heavy atom. The number of carbonyl (C=O) groups excluding carboxylic acids is 1. The smallest absolute Gasteiger partial charge is 0.238 e. The van der Waals surface area contributed by atoms with Crippen LogP contribution < -0.4 is 5.32 Å². The van der Waals surface area contributed by atoms with E-state index in [2.05, 4.69) is 16.4 Å². The number of H-pyrrole nitrogens is 1. The van der Waals surface area contributed by atoms with Crippen molar-refractivity contribution in [2.75, 3.05) is 12.3 Å². The summed E-state index contributed by atoms with van der Waals surface area (Å²) in [5.41, 5.74) is 4.20. The van der Waals surface area contributed by atoms with Gasteiger partial charge in [-0.3, -0.25) is 4.79 Å². The van der Waals surface area contributed by atoms with Crippen molar-refractivity contribution in [3.8, 4) is 0 Å². The van der Waals surface area contributed by atoms with E-state index in [-0.39, 0.29) is 18.2 Å². The molecule has 7 heteroatoms. The summed E-state index contributed by atoms with van der Waals surface area (Å²) in [6, 6.07) is 15.1. The number of benzene rings is 2. The molecule has 2 aromatic carbocycles. The maximum atomic E-state index is 12.9. The highest BCUT2D eigenvalue weighted by molar-refractivity contribution is 7.89. The van der Waals surface area contributed by atoms with Gasteiger partial charge in [-0.1, -0.05) is 42.5 Å². The Morgan fingerprint density at radius 3 is 2.66 bits per heavy atom. The number of hydrogen-bond acceptors (Lipinski definition) is 3. The molecule has 29 heavy (non-hydrogen) atoms. The number of aromatic amines is 1. The average Bonchev–Trinajstić information content (AvgIpc) is 3.16. The molecule has 0 unspecified atom stereocenters. The minimum atomic E-state index is -3.49. The molecule has 0 spiro atoms. The molecule has 4 rings (SSSR count). The summed E-state index contributed by atoms with van der Waals surface area (Å²) < 4.78 is 26.6. The molecule has 0 aliphatic carbocycles. The van der Waals surface area contributed by atoms with Crippen molar-refractivity contribution in [3.63, 3.8) is 0 Å². The molecular formula is C22H25N3O3S. The number of hydrogen-bond donors (Lipinski definition) is 2. The van der Waals surface area contributed by atoms with Crippen LogP contribution in [-0.2, 0) is 34.2 Å². The van der Waals surface area contributed by atoms with Crippen LogP contribution in [0.2, 0.25) is 0 Å². The Labute approximate surface area is 171 Å². The summed E-state index contributed by atoms with van der Waals surface area (Å²) in [7, 11) is -3.49. The summed E-state index contributed by atoms with van der Waals surface area (Å²) in [5.74, 6) is -0.259. The Balaban J connectivity index is 1.48. The maximum Gasteiger partial charge on any atom is 0.238 e. The average molecular weight is 412 g/mol. The number of sulfonamides is 1. The van der Waals surface area contributed by atoms with Crippen molar-refractivity contribution in [3.05, 3.63) is 71.4 Å². The number of nitrogens with zero attached hydrogens (tertiary/aromatic N) is 1. The Bertz CT molecular complexity index is 1140. The van der Waals surface area contributed by atoms with E-state index < -0.39 is 16.1 Å². The van der Waals surface area contributed by atoms with E-state index in [9.17, 15) is 13.2 Å². The van der Waals surface area contributed by atoms with Crippen LogP contribution in [0, 0.1) is 0 Å². The van der Waals surface area contributed by atoms with Crippen LogP contribution in [0.25, 0.3) is 10.9 Å². The molecule has 0 fully saturated rings. The second kappa shape index (κ2) is 8.00. The van der Waals surface area contributed by atoms with E-state index in [0.29, 0.717) is 19.4 Å². The van der Waals surface area contributed by atoms with Gasteiger partial charge in [0.15, 0.2) is 0 Å². The lowest BCUT2D eigenvalue weighted by molar-refractivity contribution is -0.125. The number of carbonyl (C=O) groups is 1. The number of amides is 1. The third-order valence-corrected chi connectivity index (χ3v) is 7.43. The predicted octanol–water partition coefficient (Wildman–Crippen LogP) is 2.60. The van der Waals surface area contributed by atoms with E-state index in [1.165, 1.54) is 4.31 Å². The van der Waals surface area contributed by atoms with Gasteiger partial charge in [-0.2, -0.15) is 4.31 Å². The van der Waals surface area contributed by atoms with E-state index in [1.807, 2.05) is 48.7 Å². The Kier molecular flexibility index (Phi) is 5.43. The highest BCUT2D eigenvalue weighted by Crippen LogP contribution is 2.26. The molecule has 1 amide bonds. The molecule has 2 N–H and O–H groups in total. The summed E-state index contributed by atoms with van der Waals surface area (Å²) in [6.45, 7) is 2.31. The van der Waals surface area contributed by atoms with Crippen molar-refractivity contribution in [1.29, 1.82) is 0 Å². The topological polar surface area (TPSA) is 82.3 Å². The molecule has 1 aliphatic rings. The number of para-hydroxylation sites is 1. The highest BCUT2D eigenvalue weighted by atomic mass is 32.2. The summed E-state index contributed by atoms with van der Waals surface area (Å²) in [4.78, 5) is 16.2. The van der Waals surface area contributed by atoms with Crippen LogP contribution >= 0.6 is 0 Å². The highest BCUT2D eigenvalue weighted by Gasteiger charge is 2.37. The molecule has 0 radical (unpaired) electrons. The largest absolute Gasteiger partial charge is 0.361 e. The molecule has 1 aliphatic heterocycles. The molecule has 152 valence electrons. The van der Waals surface area contributed by atoms with E-state index in [0.717, 1.165) is 27.6 Å². The standard InChI is InChI=1S/C22H25N3O3S/c1-2-29(27,28)25-15-18-8-4-3-7-16(18)13-21(25)22(26)23-12-11-17-14-24-20-10-6-5-9-19(17)20/h3-10,14,21,24H,2,11-13,15H2,1H3,(H,23,26)/t21-/m0/s1. The quantitative estimate of drug-likeness (QED) is 0.654. The minimum Gasteiger partial charge on any atom is -0.361 e. The molecule has 0 bridgehead atoms. The molecule has 2 heterocycles. The van der Waals surface area contributed by atoms with E-state index in [1.54, 1.807) is 6.92 Å². The van der Waals surface area contributed by atoms with Gasteiger partial charge in [0.25, 0.3) is 0 Å². The fourth-order valence-electron chi connectivity index (χ4n) is 3.96. The SMILES string of the molecule is CCS(=O)(=O)N1Cc2ccccc2C[C@H]1C(=O)NCCc1c[nH]c2ccccc12. The lowest BCUT2D eigenvalue weighted by Gasteiger charge is -2.34. The Hall–Kier alpha value is -2.64. The van der Waals surface area contributed by atoms with Crippen molar-refractivity contribution in [2.24, 2.45) is 0 Å². The van der Waals surface area contributed by atoms with Crippen LogP contribution in [0.4, 0.5) is 0 Å². The first-order chi connectivity index (χ1) is 14.0. The lowest BCUT2D eigenvalue weighted by Crippen LogP contribution is -2.53. The van der Waals surface area contributed by atoms with Gasteiger partial charge >= 0.3 is 0 Å². The van der Waals surface area contributed by atoms with Crippen molar-refractivity contribution < 1.29 is 13.2 Å². The summed E-state index contributed by atoms with van der Waals surface area (Å²) in [6.07, 6.45) is 3.04. The molecule has 0 saturated carbocycles. The maximum absolute atomic E-state index is 12.9. The first kappa shape index (κ1) is 19.7. The lowest BCUT2D eigenvalue weighted by atomic mass is 9.95. The van der Waals surface area contributed by atoms with Crippen LogP contribution in [-0.4, -0.2) is 42.0 Å². The first-order valence-electron chi connectivity index (χ1n) is 9.88. The van der Waals surface area contributed by atoms with E-state index >= 15 is 0 Å². The fourth-order valence-corrected chi connectivity index (χ4v) is 5.18. The van der Waals surface area contributed by atoms with Gasteiger partial charge in [-0.05, 0) is 42.5 Å². The fraction of sp³-hybridized carbons (Fsp3) is 0.318. The van der Waals surface area contributed by atoms with Crippen LogP contribution in [0.1, 0.15) is 23.6 Å². The molecule has 3 aromatic rings. The molecule has 1 aromatic heterocycles. The normalized spacial score (nSPS) is 17.2. The van der Waals surface area contributed by atoms with Gasteiger partial charge in [0.2, 0.25) is 15.9 Å². The zero-order valence-corrected chi connectivity index (χ0v) is 17.2. The molecule has 6 nitrogen and oxygen atoms in total. The molecular weight excluding hydrogens is 386 g/mol. The summed E-state index contributed by atoms with van der Waals surface area (Å²) in [5, 5.41) is 4.10. The van der Waals surface area contributed by atoms with Crippen LogP contribution in [0.3, 0.4) is 0 Å². The van der Waals surface area contributed by atoms with Gasteiger partial charge in [0.05, 0.1) is 5.75 Å². The third kappa shape index (κ3) is 3.93. The zero-order chi connectivity index (χ0) is 20.4. The van der Waals surface area contributed by atoms with E-state index in [4.69, 9.17) is 0 Å². The van der Waals surface area contributed by atoms with Crippen molar-refractivity contribution in [1.82, 2.24) is 14.6 Å². The van der Waals surface area contributed by atoms with Gasteiger partial charge in [0.1, 0.15) is 6.04 Å². The summed E-state index contributed by atoms with van der Waals surface area (Å²) >= 11 is 0. The van der Waals surface area contributed by atoms with Crippen molar-refractivity contribution in [2.45, 2.75) is 32.4 Å². The van der Waals surface area contributed by atoms with Gasteiger partial charge < -0.3 is 10.3 Å². The third-order valence-electron chi connectivity index (χ3n) is 5.60. The predicted molar refractivity (Wildman–Crippen MR) is 114 cm³/mol. The Morgan fingerprint density at radius 2 is 1.86 bits per heavy atom. The molecule has 1 atom stereocenters. The minimum absolute atomic E-state index is 0.0196. The second-order valence-electron chi connectivity index (χ2n) is 7.33. The van der Waals surface area contributed by atoms with Crippen LogP contribution in [0.15, 0.2) is 54.7 Å². The first-order valence-corrected chi connectivity index (χ1v) is 11.5. The molecule has 0 saturated heterocycles. The van der Waals surface area contributed by atoms with Crippen LogP contribution in [0.5, 0.6) is 0 Å². The number of rotatable bonds is 6. The van der Waals surface area contributed by atoms with Gasteiger partial charge in [-0.15, -0.1) is 0 Å². The number of aromatic nitrogens is 1. The number of fused-ring (bicyclic) bond motifs is 2. The van der Waals surface area contributed by atoms with Gasteiger partial charge in [0, 0.05) is 30.2 Å². The monoisotopic (exact) mass is 411 g/mol.